The quantitative estimate of drug-likeness (QED) is 0.107. The SMILES string of the molecule is COC(=O)N[C@H](C(=O)N1CCC[C@H]1c1nc2c(o1)-c1ccc(-c3ccc(-c4cnc([C@H]5CCC[C@H]5NC(=O)[C@@H](NC(=O)O)C(C)C)[nH]4)cc3)cc1CCC2)C(C)C. The van der Waals surface area contributed by atoms with E-state index in [-0.39, 0.29) is 41.7 Å². The molecule has 57 heavy (non-hydrogen) atoms. The molecule has 3 heterocycles. The Morgan fingerprint density at radius 1 is 0.895 bits per heavy atom. The Kier molecular flexibility index (Phi) is 11.7. The van der Waals surface area contributed by atoms with Crippen LogP contribution in [0.4, 0.5) is 9.59 Å². The van der Waals surface area contributed by atoms with Gasteiger partial charge in [-0.15, -0.1) is 0 Å². The maximum absolute atomic E-state index is 13.7. The number of hydrogen-bond acceptors (Lipinski definition) is 8. The van der Waals surface area contributed by atoms with Gasteiger partial charge in [0.1, 0.15) is 23.9 Å². The van der Waals surface area contributed by atoms with Crippen LogP contribution in [0.2, 0.25) is 0 Å². The van der Waals surface area contributed by atoms with Crippen LogP contribution < -0.4 is 16.0 Å². The van der Waals surface area contributed by atoms with Crippen LogP contribution in [0.5, 0.6) is 0 Å². The highest BCUT2D eigenvalue weighted by Crippen LogP contribution is 2.40. The van der Waals surface area contributed by atoms with Crippen LogP contribution in [-0.2, 0) is 27.2 Å². The molecule has 2 fully saturated rings. The van der Waals surface area contributed by atoms with Gasteiger partial charge < -0.3 is 40.1 Å². The Hall–Kier alpha value is -5.66. The molecule has 4 aromatic rings. The van der Waals surface area contributed by atoms with Gasteiger partial charge in [0.05, 0.1) is 24.7 Å². The number of carbonyl (C=O) groups is 4. The summed E-state index contributed by atoms with van der Waals surface area (Å²) in [5, 5.41) is 17.4. The van der Waals surface area contributed by atoms with E-state index in [1.54, 1.807) is 4.90 Å². The van der Waals surface area contributed by atoms with Crippen molar-refractivity contribution in [1.82, 2.24) is 35.8 Å². The zero-order valence-electron chi connectivity index (χ0n) is 33.3. The van der Waals surface area contributed by atoms with Crippen molar-refractivity contribution in [3.8, 4) is 33.7 Å². The molecule has 2 aliphatic carbocycles. The van der Waals surface area contributed by atoms with E-state index in [9.17, 15) is 24.3 Å². The van der Waals surface area contributed by atoms with Crippen LogP contribution in [0.3, 0.4) is 0 Å². The van der Waals surface area contributed by atoms with Crippen LogP contribution in [0.1, 0.15) is 101 Å². The number of amides is 4. The lowest BCUT2D eigenvalue weighted by molar-refractivity contribution is -0.135. The van der Waals surface area contributed by atoms with E-state index in [0.717, 1.165) is 96.6 Å². The molecule has 1 aliphatic heterocycles. The summed E-state index contributed by atoms with van der Waals surface area (Å²) in [6.07, 6.45) is 6.74. The van der Waals surface area contributed by atoms with E-state index in [1.807, 2.05) is 33.9 Å². The molecule has 2 aromatic heterocycles. The number of alkyl carbamates (subject to hydrolysis) is 1. The minimum Gasteiger partial charge on any atom is -0.465 e. The number of likely N-dealkylation sites (tertiary alicyclic amines) is 1. The maximum atomic E-state index is 13.7. The second-order valence-electron chi connectivity index (χ2n) is 16.2. The highest BCUT2D eigenvalue weighted by Gasteiger charge is 2.39. The summed E-state index contributed by atoms with van der Waals surface area (Å²) in [4.78, 5) is 65.0. The third-order valence-corrected chi connectivity index (χ3v) is 11.7. The Labute approximate surface area is 332 Å². The lowest BCUT2D eigenvalue weighted by atomic mass is 9.96. The summed E-state index contributed by atoms with van der Waals surface area (Å²) in [6.45, 7) is 8.01. The van der Waals surface area contributed by atoms with Crippen molar-refractivity contribution in [2.75, 3.05) is 13.7 Å². The first-order valence-electron chi connectivity index (χ1n) is 20.1. The standard InChI is InChI=1S/C43H53N7O7/c1-23(2)35(48-42(53)54)39(51)46-31-11-7-10-30(31)38-44-22-33(45-38)26-16-14-25(15-17-26)27-18-19-29-28(21-27)9-6-12-32-37(29)57-40(47-32)34-13-8-20-50(34)41(52)36(24(3)4)49-43(55)56-5/h14-19,21-24,30-31,34-36,48H,6-13,20H2,1-5H3,(H,44,45)(H,46,51)(H,49,55)(H,53,54)/t30-,31+,34-,35-,36-/m0/s1. The molecule has 14 heteroatoms. The molecular weight excluding hydrogens is 727 g/mol. The van der Waals surface area contributed by atoms with Crippen molar-refractivity contribution >= 4 is 24.0 Å². The highest BCUT2D eigenvalue weighted by molar-refractivity contribution is 5.87. The van der Waals surface area contributed by atoms with Crippen molar-refractivity contribution in [1.29, 1.82) is 0 Å². The average Bonchev–Trinajstić information content (AvgIpc) is 4.02. The smallest absolute Gasteiger partial charge is 0.407 e. The molecule has 2 aromatic carbocycles. The summed E-state index contributed by atoms with van der Waals surface area (Å²) < 4.78 is 11.3. The fourth-order valence-corrected chi connectivity index (χ4v) is 8.62. The highest BCUT2D eigenvalue weighted by atomic mass is 16.5. The van der Waals surface area contributed by atoms with Crippen LogP contribution >= 0.6 is 0 Å². The number of nitrogens with zero attached hydrogens (tertiary/aromatic N) is 3. The third-order valence-electron chi connectivity index (χ3n) is 11.7. The first-order valence-corrected chi connectivity index (χ1v) is 20.1. The summed E-state index contributed by atoms with van der Waals surface area (Å²) in [5.74, 6) is 1.35. The van der Waals surface area contributed by atoms with Crippen molar-refractivity contribution in [3.63, 3.8) is 0 Å². The van der Waals surface area contributed by atoms with Gasteiger partial charge in [-0.05, 0) is 79.0 Å². The van der Waals surface area contributed by atoms with Gasteiger partial charge in [-0.3, -0.25) is 9.59 Å². The Morgan fingerprint density at radius 2 is 1.63 bits per heavy atom. The summed E-state index contributed by atoms with van der Waals surface area (Å²) >= 11 is 0. The van der Waals surface area contributed by atoms with Gasteiger partial charge in [-0.1, -0.05) is 76.6 Å². The molecule has 1 saturated carbocycles. The number of carbonyl (C=O) groups excluding carboxylic acids is 3. The number of oxazole rings is 1. The number of benzene rings is 2. The van der Waals surface area contributed by atoms with E-state index >= 15 is 0 Å². The number of hydrogen-bond donors (Lipinski definition) is 5. The number of carboxylic acid groups (broad SMARTS) is 1. The largest absolute Gasteiger partial charge is 0.465 e. The second-order valence-corrected chi connectivity index (χ2v) is 16.2. The van der Waals surface area contributed by atoms with Crippen LogP contribution in [-0.4, -0.2) is 80.7 Å². The number of fused-ring (bicyclic) bond motifs is 3. The number of imidazole rings is 1. The minimum absolute atomic E-state index is 0.00677. The van der Waals surface area contributed by atoms with E-state index < -0.39 is 24.3 Å². The van der Waals surface area contributed by atoms with Crippen LogP contribution in [0.25, 0.3) is 33.7 Å². The molecule has 302 valence electrons. The van der Waals surface area contributed by atoms with E-state index in [4.69, 9.17) is 19.1 Å². The molecule has 1 saturated heterocycles. The Bertz CT molecular complexity index is 2110. The van der Waals surface area contributed by atoms with Crippen molar-refractivity contribution in [2.24, 2.45) is 11.8 Å². The summed E-state index contributed by atoms with van der Waals surface area (Å²) in [6, 6.07) is 12.9. The molecule has 0 spiro atoms. The number of aryl methyl sites for hydroxylation is 2. The van der Waals surface area contributed by atoms with Crippen molar-refractivity contribution in [2.45, 2.75) is 109 Å². The monoisotopic (exact) mass is 779 g/mol. The molecular formula is C43H53N7O7. The number of H-pyrrole nitrogens is 1. The molecule has 5 atom stereocenters. The maximum Gasteiger partial charge on any atom is 0.407 e. The van der Waals surface area contributed by atoms with E-state index in [2.05, 4.69) is 63.4 Å². The van der Waals surface area contributed by atoms with Crippen molar-refractivity contribution in [3.05, 3.63) is 71.6 Å². The normalized spacial score (nSPS) is 20.1. The summed E-state index contributed by atoms with van der Waals surface area (Å²) in [7, 11) is 1.29. The molecule has 0 unspecified atom stereocenters. The minimum atomic E-state index is -1.22. The molecule has 0 bridgehead atoms. The van der Waals surface area contributed by atoms with Gasteiger partial charge in [0.15, 0.2) is 5.76 Å². The van der Waals surface area contributed by atoms with E-state index in [1.165, 1.54) is 12.7 Å². The van der Waals surface area contributed by atoms with Gasteiger partial charge in [0.25, 0.3) is 0 Å². The zero-order chi connectivity index (χ0) is 40.4. The number of aromatic amines is 1. The first kappa shape index (κ1) is 39.6. The molecule has 4 amide bonds. The van der Waals surface area contributed by atoms with Gasteiger partial charge in [0.2, 0.25) is 17.7 Å². The predicted molar refractivity (Wildman–Crippen MR) is 213 cm³/mol. The molecule has 5 N–H and O–H groups in total. The second kappa shape index (κ2) is 16.8. The molecule has 14 nitrogen and oxygen atoms in total. The van der Waals surface area contributed by atoms with E-state index in [0.29, 0.717) is 12.4 Å². The van der Waals surface area contributed by atoms with Gasteiger partial charge >= 0.3 is 12.2 Å². The van der Waals surface area contributed by atoms with Gasteiger partial charge in [-0.25, -0.2) is 19.6 Å². The number of methoxy groups -OCH3 is 1. The number of rotatable bonds is 11. The molecule has 7 rings (SSSR count). The lowest BCUT2D eigenvalue weighted by Crippen LogP contribution is -2.52. The van der Waals surface area contributed by atoms with Gasteiger partial charge in [0, 0.05) is 24.1 Å². The van der Waals surface area contributed by atoms with Crippen molar-refractivity contribution < 1.29 is 33.4 Å². The molecule has 3 aliphatic rings. The average molecular weight is 780 g/mol. The molecule has 0 radical (unpaired) electrons. The Morgan fingerprint density at radius 3 is 2.35 bits per heavy atom. The number of aromatic nitrogens is 3. The van der Waals surface area contributed by atoms with Crippen LogP contribution in [0, 0.1) is 11.8 Å². The first-order chi connectivity index (χ1) is 27.4. The summed E-state index contributed by atoms with van der Waals surface area (Å²) in [5.41, 5.74) is 7.18. The van der Waals surface area contributed by atoms with Crippen LogP contribution in [0.15, 0.2) is 53.1 Å². The lowest BCUT2D eigenvalue weighted by Gasteiger charge is -2.29. The number of nitrogens with one attached hydrogen (secondary N) is 4. The topological polar surface area (TPSA) is 192 Å². The predicted octanol–water partition coefficient (Wildman–Crippen LogP) is 6.98. The van der Waals surface area contributed by atoms with Gasteiger partial charge in [-0.2, -0.15) is 0 Å². The fraction of sp³-hybridized carbons (Fsp3) is 0.488. The Balaban J connectivity index is 1.05. The zero-order valence-corrected chi connectivity index (χ0v) is 33.3. The third kappa shape index (κ3) is 8.40. The fourth-order valence-electron chi connectivity index (χ4n) is 8.62. The number of ether oxygens (including phenoxy) is 1.